The van der Waals surface area contributed by atoms with E-state index in [2.05, 4.69) is 15.0 Å². The average Bonchev–Trinajstić information content (AvgIpc) is 2.91. The van der Waals surface area contributed by atoms with Crippen LogP contribution in [0.25, 0.3) is 11.2 Å². The zero-order chi connectivity index (χ0) is 16.6. The van der Waals surface area contributed by atoms with Crippen LogP contribution < -0.4 is 11.5 Å². The number of sulfonamides is 1. The SMILES string of the molecule is CCCS(=O)(=O)N1CCC(n2cnc3c(N)nc(N)nc32)CC1. The summed E-state index contributed by atoms with van der Waals surface area (Å²) in [5.74, 6) is 0.570. The Morgan fingerprint density at radius 1 is 1.26 bits per heavy atom. The van der Waals surface area contributed by atoms with E-state index in [0.29, 0.717) is 43.5 Å². The summed E-state index contributed by atoms with van der Waals surface area (Å²) in [6.45, 7) is 2.88. The summed E-state index contributed by atoms with van der Waals surface area (Å²) in [6.07, 6.45) is 3.72. The minimum atomic E-state index is -3.14. The molecule has 4 N–H and O–H groups in total. The normalized spacial score (nSPS) is 17.8. The number of piperidine rings is 1. The lowest BCUT2D eigenvalue weighted by Gasteiger charge is -2.31. The Morgan fingerprint density at radius 3 is 2.61 bits per heavy atom. The van der Waals surface area contributed by atoms with Crippen LogP contribution >= 0.6 is 0 Å². The van der Waals surface area contributed by atoms with Crippen LogP contribution in [0.2, 0.25) is 0 Å². The Bertz CT molecular complexity index is 809. The van der Waals surface area contributed by atoms with Gasteiger partial charge >= 0.3 is 0 Å². The lowest BCUT2D eigenvalue weighted by atomic mass is 10.1. The Morgan fingerprint density at radius 2 is 1.96 bits per heavy atom. The molecule has 0 unspecified atom stereocenters. The Balaban J connectivity index is 1.81. The third-order valence-electron chi connectivity index (χ3n) is 4.14. The topological polar surface area (TPSA) is 133 Å². The molecule has 0 aromatic carbocycles. The predicted molar refractivity (Wildman–Crippen MR) is 88.1 cm³/mol. The third-order valence-corrected chi connectivity index (χ3v) is 6.21. The largest absolute Gasteiger partial charge is 0.382 e. The van der Waals surface area contributed by atoms with Crippen molar-refractivity contribution in [2.24, 2.45) is 0 Å². The third kappa shape index (κ3) is 2.95. The first-order valence-corrected chi connectivity index (χ1v) is 9.26. The van der Waals surface area contributed by atoms with Gasteiger partial charge in [0, 0.05) is 19.1 Å². The quantitative estimate of drug-likeness (QED) is 0.822. The maximum absolute atomic E-state index is 12.1. The van der Waals surface area contributed by atoms with Crippen LogP contribution in [0.15, 0.2) is 6.33 Å². The minimum Gasteiger partial charge on any atom is -0.382 e. The summed E-state index contributed by atoms with van der Waals surface area (Å²) in [5, 5.41) is 0. The second-order valence-corrected chi connectivity index (χ2v) is 7.83. The predicted octanol–water partition coefficient (Wildman–Crippen LogP) is 0.367. The van der Waals surface area contributed by atoms with Gasteiger partial charge in [0.25, 0.3) is 0 Å². The number of hydrogen-bond donors (Lipinski definition) is 2. The van der Waals surface area contributed by atoms with Crippen molar-refractivity contribution in [3.63, 3.8) is 0 Å². The van der Waals surface area contributed by atoms with E-state index >= 15 is 0 Å². The number of imidazole rings is 1. The van der Waals surface area contributed by atoms with E-state index in [9.17, 15) is 8.42 Å². The van der Waals surface area contributed by atoms with E-state index in [1.54, 1.807) is 10.6 Å². The van der Waals surface area contributed by atoms with Gasteiger partial charge < -0.3 is 16.0 Å². The van der Waals surface area contributed by atoms with Gasteiger partial charge in [0.05, 0.1) is 12.1 Å². The van der Waals surface area contributed by atoms with Crippen LogP contribution in [0.5, 0.6) is 0 Å². The molecule has 1 saturated heterocycles. The molecular formula is C13H21N7O2S. The molecule has 0 bridgehead atoms. The zero-order valence-electron chi connectivity index (χ0n) is 13.0. The summed E-state index contributed by atoms with van der Waals surface area (Å²) in [5.41, 5.74) is 12.6. The van der Waals surface area contributed by atoms with Gasteiger partial charge in [-0.1, -0.05) is 6.92 Å². The van der Waals surface area contributed by atoms with Gasteiger partial charge in [0.1, 0.15) is 5.52 Å². The van der Waals surface area contributed by atoms with E-state index in [4.69, 9.17) is 11.5 Å². The summed E-state index contributed by atoms with van der Waals surface area (Å²) < 4.78 is 27.8. The fraction of sp³-hybridized carbons (Fsp3) is 0.615. The first kappa shape index (κ1) is 15.9. The van der Waals surface area contributed by atoms with E-state index in [0.717, 1.165) is 0 Å². The van der Waals surface area contributed by atoms with Gasteiger partial charge in [-0.25, -0.2) is 17.7 Å². The molecular weight excluding hydrogens is 318 g/mol. The highest BCUT2D eigenvalue weighted by molar-refractivity contribution is 7.89. The second-order valence-electron chi connectivity index (χ2n) is 5.74. The fourth-order valence-electron chi connectivity index (χ4n) is 3.01. The lowest BCUT2D eigenvalue weighted by molar-refractivity contribution is 0.276. The number of nitrogens with zero attached hydrogens (tertiary/aromatic N) is 5. The molecule has 1 aliphatic rings. The Labute approximate surface area is 134 Å². The molecule has 2 aromatic rings. The van der Waals surface area contributed by atoms with Crippen molar-refractivity contribution in [1.82, 2.24) is 23.8 Å². The highest BCUT2D eigenvalue weighted by Crippen LogP contribution is 2.28. The number of nitrogen functional groups attached to an aromatic ring is 2. The molecule has 1 fully saturated rings. The lowest BCUT2D eigenvalue weighted by Crippen LogP contribution is -2.40. The molecule has 3 heterocycles. The minimum absolute atomic E-state index is 0.111. The van der Waals surface area contributed by atoms with E-state index in [1.807, 2.05) is 11.5 Å². The molecule has 0 radical (unpaired) electrons. The molecule has 0 amide bonds. The van der Waals surface area contributed by atoms with Gasteiger partial charge in [-0.3, -0.25) is 0 Å². The summed E-state index contributed by atoms with van der Waals surface area (Å²) in [4.78, 5) is 12.4. The average molecular weight is 339 g/mol. The fourth-order valence-corrected chi connectivity index (χ4v) is 4.55. The van der Waals surface area contributed by atoms with Crippen molar-refractivity contribution in [1.29, 1.82) is 0 Å². The molecule has 0 aliphatic carbocycles. The van der Waals surface area contributed by atoms with Crippen LogP contribution in [0.1, 0.15) is 32.2 Å². The second kappa shape index (κ2) is 5.93. The molecule has 1 aliphatic heterocycles. The molecule has 0 spiro atoms. The zero-order valence-corrected chi connectivity index (χ0v) is 13.8. The summed E-state index contributed by atoms with van der Waals surface area (Å²) in [7, 11) is -3.14. The van der Waals surface area contributed by atoms with Crippen molar-refractivity contribution in [2.45, 2.75) is 32.2 Å². The van der Waals surface area contributed by atoms with Gasteiger partial charge in [0.2, 0.25) is 16.0 Å². The van der Waals surface area contributed by atoms with Crippen LogP contribution in [0, 0.1) is 0 Å². The molecule has 10 heteroatoms. The monoisotopic (exact) mass is 339 g/mol. The van der Waals surface area contributed by atoms with Crippen LogP contribution in [-0.4, -0.2) is 51.1 Å². The maximum Gasteiger partial charge on any atom is 0.224 e. The molecule has 126 valence electrons. The van der Waals surface area contributed by atoms with Crippen molar-refractivity contribution < 1.29 is 8.42 Å². The van der Waals surface area contributed by atoms with E-state index in [1.165, 1.54) is 0 Å². The van der Waals surface area contributed by atoms with Crippen LogP contribution in [0.3, 0.4) is 0 Å². The molecule has 9 nitrogen and oxygen atoms in total. The van der Waals surface area contributed by atoms with Crippen LogP contribution in [0.4, 0.5) is 11.8 Å². The van der Waals surface area contributed by atoms with Crippen molar-refractivity contribution in [2.75, 3.05) is 30.3 Å². The highest BCUT2D eigenvalue weighted by atomic mass is 32.2. The molecule has 23 heavy (non-hydrogen) atoms. The number of anilines is 2. The smallest absolute Gasteiger partial charge is 0.224 e. The van der Waals surface area contributed by atoms with Gasteiger partial charge in [-0.2, -0.15) is 9.97 Å². The molecule has 0 saturated carbocycles. The number of hydrogen-bond acceptors (Lipinski definition) is 7. The first-order chi connectivity index (χ1) is 10.9. The number of fused-ring (bicyclic) bond motifs is 1. The number of nitrogens with two attached hydrogens (primary N) is 2. The Kier molecular flexibility index (Phi) is 4.11. The van der Waals surface area contributed by atoms with Gasteiger partial charge in [-0.15, -0.1) is 0 Å². The summed E-state index contributed by atoms with van der Waals surface area (Å²) in [6, 6.07) is 0.127. The standard InChI is InChI=1S/C13H21N7O2S/c1-2-7-23(21,22)19-5-3-9(4-6-19)20-8-16-10-11(14)17-13(15)18-12(10)20/h8-9H,2-7H2,1H3,(H4,14,15,17,18). The van der Waals surface area contributed by atoms with Crippen molar-refractivity contribution in [3.8, 4) is 0 Å². The first-order valence-electron chi connectivity index (χ1n) is 7.65. The molecule has 3 rings (SSSR count). The number of aromatic nitrogens is 4. The van der Waals surface area contributed by atoms with Crippen molar-refractivity contribution in [3.05, 3.63) is 6.33 Å². The summed E-state index contributed by atoms with van der Waals surface area (Å²) >= 11 is 0. The Hall–Kier alpha value is -1.94. The van der Waals surface area contributed by atoms with Crippen LogP contribution in [-0.2, 0) is 10.0 Å². The molecule has 2 aromatic heterocycles. The van der Waals surface area contributed by atoms with E-state index in [-0.39, 0.29) is 23.6 Å². The molecule has 0 atom stereocenters. The van der Waals surface area contributed by atoms with Gasteiger partial charge in [-0.05, 0) is 19.3 Å². The highest BCUT2D eigenvalue weighted by Gasteiger charge is 2.29. The number of rotatable bonds is 4. The van der Waals surface area contributed by atoms with E-state index < -0.39 is 10.0 Å². The van der Waals surface area contributed by atoms with Crippen molar-refractivity contribution >= 4 is 33.0 Å². The van der Waals surface area contributed by atoms with Gasteiger partial charge in [0.15, 0.2) is 11.5 Å². The maximum atomic E-state index is 12.1.